The summed E-state index contributed by atoms with van der Waals surface area (Å²) in [5, 5.41) is 11.4. The molecule has 0 spiro atoms. The maximum absolute atomic E-state index is 11.4. The Morgan fingerprint density at radius 1 is 1.31 bits per heavy atom. The number of amides is 1. The number of hydrogen-bond acceptors (Lipinski definition) is 3. The number of aliphatic carboxylic acids is 1. The molecular weight excluding hydrogens is 226 g/mol. The Labute approximate surface area is 99.2 Å². The lowest BCUT2D eigenvalue weighted by atomic mass is 10.0. The summed E-state index contributed by atoms with van der Waals surface area (Å²) in [6, 6.07) is 0. The van der Waals surface area contributed by atoms with Crippen molar-refractivity contribution in [1.82, 2.24) is 5.32 Å². The standard InChI is InChI=1S/C11H17NO3S/c13-9(5-16-6-10(14)15)12-7-11(3-4-11)8-1-2-8/h8H,1-7H2,(H,12,13)(H,14,15). The van der Waals surface area contributed by atoms with Crippen LogP contribution in [0, 0.1) is 11.3 Å². The number of carboxylic acid groups (broad SMARTS) is 1. The highest BCUT2D eigenvalue weighted by atomic mass is 32.2. The van der Waals surface area contributed by atoms with Gasteiger partial charge < -0.3 is 10.4 Å². The zero-order valence-electron chi connectivity index (χ0n) is 9.20. The molecule has 0 saturated heterocycles. The highest BCUT2D eigenvalue weighted by Crippen LogP contribution is 2.60. The van der Waals surface area contributed by atoms with E-state index in [0.29, 0.717) is 5.41 Å². The van der Waals surface area contributed by atoms with Crippen molar-refractivity contribution < 1.29 is 14.7 Å². The zero-order chi connectivity index (χ0) is 11.6. The van der Waals surface area contributed by atoms with Crippen LogP contribution in [0.15, 0.2) is 0 Å². The van der Waals surface area contributed by atoms with Gasteiger partial charge in [0.2, 0.25) is 5.91 Å². The Hall–Kier alpha value is -0.710. The molecule has 0 radical (unpaired) electrons. The smallest absolute Gasteiger partial charge is 0.313 e. The Kier molecular flexibility index (Phi) is 3.42. The van der Waals surface area contributed by atoms with Gasteiger partial charge in [0.05, 0.1) is 11.5 Å². The predicted octanol–water partition coefficient (Wildman–Crippen LogP) is 1.11. The molecule has 0 aromatic rings. The molecule has 16 heavy (non-hydrogen) atoms. The molecule has 2 rings (SSSR count). The molecule has 4 nitrogen and oxygen atoms in total. The lowest BCUT2D eigenvalue weighted by Crippen LogP contribution is -2.32. The SMILES string of the molecule is O=C(O)CSCC(=O)NCC1(C2CC2)CC1. The molecule has 5 heteroatoms. The molecule has 1 amide bonds. The average Bonchev–Trinajstić information content (AvgIpc) is 3.06. The first-order valence-corrected chi connectivity index (χ1v) is 6.84. The zero-order valence-corrected chi connectivity index (χ0v) is 10.0. The largest absolute Gasteiger partial charge is 0.481 e. The summed E-state index contributed by atoms with van der Waals surface area (Å²) in [7, 11) is 0. The minimum Gasteiger partial charge on any atom is -0.481 e. The van der Waals surface area contributed by atoms with Gasteiger partial charge in [-0.25, -0.2) is 0 Å². The highest BCUT2D eigenvalue weighted by molar-refractivity contribution is 8.00. The number of hydrogen-bond donors (Lipinski definition) is 2. The van der Waals surface area contributed by atoms with Crippen LogP contribution in [0.3, 0.4) is 0 Å². The maximum atomic E-state index is 11.4. The van der Waals surface area contributed by atoms with Gasteiger partial charge in [0.15, 0.2) is 0 Å². The van der Waals surface area contributed by atoms with E-state index in [2.05, 4.69) is 5.32 Å². The fraction of sp³-hybridized carbons (Fsp3) is 0.818. The fourth-order valence-electron chi connectivity index (χ4n) is 2.14. The number of carboxylic acids is 1. The van der Waals surface area contributed by atoms with Crippen LogP contribution in [0.1, 0.15) is 25.7 Å². The van der Waals surface area contributed by atoms with Crippen LogP contribution in [-0.2, 0) is 9.59 Å². The Morgan fingerprint density at radius 3 is 2.50 bits per heavy atom. The molecule has 0 bridgehead atoms. The molecular formula is C11H17NO3S. The molecule has 0 heterocycles. The van der Waals surface area contributed by atoms with Gasteiger partial charge in [-0.05, 0) is 37.0 Å². The van der Waals surface area contributed by atoms with E-state index in [9.17, 15) is 9.59 Å². The molecule has 2 N–H and O–H groups in total. The quantitative estimate of drug-likeness (QED) is 0.703. The normalized spacial score (nSPS) is 21.5. The number of thioether (sulfide) groups is 1. The fourth-order valence-corrected chi connectivity index (χ4v) is 2.71. The molecule has 2 aliphatic rings. The van der Waals surface area contributed by atoms with Crippen molar-refractivity contribution in [1.29, 1.82) is 0 Å². The number of carbonyl (C=O) groups is 2. The van der Waals surface area contributed by atoms with Crippen molar-refractivity contribution in [2.24, 2.45) is 11.3 Å². The van der Waals surface area contributed by atoms with Gasteiger partial charge in [-0.3, -0.25) is 9.59 Å². The molecule has 2 aliphatic carbocycles. The Morgan fingerprint density at radius 2 is 2.00 bits per heavy atom. The minimum absolute atomic E-state index is 0.00118. The van der Waals surface area contributed by atoms with Crippen molar-refractivity contribution >= 4 is 23.6 Å². The van der Waals surface area contributed by atoms with Gasteiger partial charge >= 0.3 is 5.97 Å². The molecule has 0 aliphatic heterocycles. The van der Waals surface area contributed by atoms with E-state index in [1.54, 1.807) is 0 Å². The summed E-state index contributed by atoms with van der Waals surface area (Å²) in [4.78, 5) is 21.7. The second kappa shape index (κ2) is 4.65. The van der Waals surface area contributed by atoms with E-state index in [0.717, 1.165) is 24.2 Å². The van der Waals surface area contributed by atoms with Gasteiger partial charge in [-0.2, -0.15) is 0 Å². The van der Waals surface area contributed by atoms with Crippen molar-refractivity contribution in [2.75, 3.05) is 18.1 Å². The van der Waals surface area contributed by atoms with E-state index >= 15 is 0 Å². The molecule has 0 aromatic carbocycles. The van der Waals surface area contributed by atoms with Gasteiger partial charge in [0, 0.05) is 6.54 Å². The summed E-state index contributed by atoms with van der Waals surface area (Å²) in [5.74, 6) is 0.209. The van der Waals surface area contributed by atoms with Crippen molar-refractivity contribution in [3.8, 4) is 0 Å². The van der Waals surface area contributed by atoms with Crippen LogP contribution in [0.5, 0.6) is 0 Å². The average molecular weight is 243 g/mol. The van der Waals surface area contributed by atoms with Gasteiger partial charge in [-0.15, -0.1) is 11.8 Å². The lowest BCUT2D eigenvalue weighted by molar-refractivity contribution is -0.133. The summed E-state index contributed by atoms with van der Waals surface area (Å²) in [6.07, 6.45) is 5.15. The number of nitrogens with one attached hydrogen (secondary N) is 1. The van der Waals surface area contributed by atoms with E-state index in [1.807, 2.05) is 0 Å². The Bertz CT molecular complexity index is 298. The molecule has 0 unspecified atom stereocenters. The summed E-state index contributed by atoms with van der Waals surface area (Å²) < 4.78 is 0. The van der Waals surface area contributed by atoms with Gasteiger partial charge in [0.1, 0.15) is 0 Å². The Balaban J connectivity index is 1.59. The summed E-state index contributed by atoms with van der Waals surface area (Å²) in [6.45, 7) is 0.796. The lowest BCUT2D eigenvalue weighted by Gasteiger charge is -2.14. The first-order valence-electron chi connectivity index (χ1n) is 5.69. The van der Waals surface area contributed by atoms with Crippen LogP contribution in [0.4, 0.5) is 0 Å². The van der Waals surface area contributed by atoms with Crippen molar-refractivity contribution in [2.45, 2.75) is 25.7 Å². The second-order valence-electron chi connectivity index (χ2n) is 4.80. The van der Waals surface area contributed by atoms with Crippen LogP contribution >= 0.6 is 11.8 Å². The second-order valence-corrected chi connectivity index (χ2v) is 5.79. The maximum Gasteiger partial charge on any atom is 0.313 e. The topological polar surface area (TPSA) is 66.4 Å². The minimum atomic E-state index is -0.866. The van der Waals surface area contributed by atoms with Crippen LogP contribution in [0.25, 0.3) is 0 Å². The third-order valence-corrected chi connectivity index (χ3v) is 4.35. The highest BCUT2D eigenvalue weighted by Gasteiger charge is 2.53. The third-order valence-electron chi connectivity index (χ3n) is 3.43. The monoisotopic (exact) mass is 243 g/mol. The van der Waals surface area contributed by atoms with E-state index in [4.69, 9.17) is 5.11 Å². The third kappa shape index (κ3) is 3.14. The molecule has 2 saturated carbocycles. The van der Waals surface area contributed by atoms with Crippen LogP contribution in [-0.4, -0.2) is 35.0 Å². The van der Waals surface area contributed by atoms with Gasteiger partial charge in [0.25, 0.3) is 0 Å². The number of rotatable bonds is 7. The summed E-state index contributed by atoms with van der Waals surface area (Å²) in [5.41, 5.74) is 0.424. The first-order chi connectivity index (χ1) is 7.62. The number of carbonyl (C=O) groups excluding carboxylic acids is 1. The molecule has 90 valence electrons. The molecule has 2 fully saturated rings. The van der Waals surface area contributed by atoms with Crippen molar-refractivity contribution in [3.63, 3.8) is 0 Å². The molecule has 0 aromatic heterocycles. The summed E-state index contributed by atoms with van der Waals surface area (Å²) >= 11 is 1.15. The first kappa shape index (κ1) is 11.8. The molecule has 0 atom stereocenters. The van der Waals surface area contributed by atoms with Gasteiger partial charge in [-0.1, -0.05) is 0 Å². The van der Waals surface area contributed by atoms with Crippen LogP contribution in [0.2, 0.25) is 0 Å². The van der Waals surface area contributed by atoms with Crippen molar-refractivity contribution in [3.05, 3.63) is 0 Å². The van der Waals surface area contributed by atoms with E-state index in [-0.39, 0.29) is 17.4 Å². The van der Waals surface area contributed by atoms with E-state index < -0.39 is 5.97 Å². The predicted molar refractivity (Wildman–Crippen MR) is 62.4 cm³/mol. The van der Waals surface area contributed by atoms with E-state index in [1.165, 1.54) is 25.7 Å². The van der Waals surface area contributed by atoms with Crippen LogP contribution < -0.4 is 5.32 Å².